The molecule has 1 aromatic heterocycles. The van der Waals surface area contributed by atoms with Crippen molar-refractivity contribution in [3.8, 4) is 0 Å². The smallest absolute Gasteiger partial charge is 0.303 e. The van der Waals surface area contributed by atoms with Gasteiger partial charge in [-0.05, 0) is 23.8 Å². The summed E-state index contributed by atoms with van der Waals surface area (Å²) in [5.41, 5.74) is 1.05. The van der Waals surface area contributed by atoms with Crippen LogP contribution in [0.3, 0.4) is 0 Å². The Kier molecular flexibility index (Phi) is 3.55. The van der Waals surface area contributed by atoms with Crippen molar-refractivity contribution in [3.05, 3.63) is 63.9 Å². The third kappa shape index (κ3) is 2.47. The molecule has 0 saturated carbocycles. The molecular formula is C16H14BrNO3. The van der Waals surface area contributed by atoms with Gasteiger partial charge in [0.15, 0.2) is 0 Å². The molecule has 5 heteroatoms. The Morgan fingerprint density at radius 1 is 1.48 bits per heavy atom. The van der Waals surface area contributed by atoms with E-state index in [0.717, 1.165) is 15.6 Å². The maximum Gasteiger partial charge on any atom is 0.303 e. The van der Waals surface area contributed by atoms with Crippen LogP contribution in [0, 0.1) is 0 Å². The van der Waals surface area contributed by atoms with Crippen molar-refractivity contribution in [2.45, 2.75) is 25.0 Å². The molecule has 1 heterocycles. The number of halogens is 1. The molecule has 4 nitrogen and oxygen atoms in total. The summed E-state index contributed by atoms with van der Waals surface area (Å²) in [6.45, 7) is 1.37. The van der Waals surface area contributed by atoms with E-state index in [4.69, 9.17) is 4.74 Å². The van der Waals surface area contributed by atoms with E-state index in [1.807, 2.05) is 24.3 Å². The fourth-order valence-corrected chi connectivity index (χ4v) is 3.24. The lowest BCUT2D eigenvalue weighted by molar-refractivity contribution is -0.148. The van der Waals surface area contributed by atoms with E-state index in [1.165, 1.54) is 6.92 Å². The topological polar surface area (TPSA) is 59.4 Å². The van der Waals surface area contributed by atoms with Gasteiger partial charge in [-0.3, -0.25) is 9.78 Å². The number of ether oxygens (including phenoxy) is 1. The van der Waals surface area contributed by atoms with E-state index in [2.05, 4.69) is 20.9 Å². The van der Waals surface area contributed by atoms with Crippen molar-refractivity contribution >= 4 is 21.9 Å². The van der Waals surface area contributed by atoms with Crippen LogP contribution in [0.4, 0.5) is 0 Å². The molecule has 2 aromatic rings. The molecule has 0 spiro atoms. The number of hydrogen-bond acceptors (Lipinski definition) is 4. The second-order valence-corrected chi connectivity index (χ2v) is 6.05. The average molecular weight is 348 g/mol. The van der Waals surface area contributed by atoms with Crippen molar-refractivity contribution in [2.24, 2.45) is 0 Å². The minimum atomic E-state index is -1.20. The van der Waals surface area contributed by atoms with Crippen LogP contribution in [0.5, 0.6) is 0 Å². The molecule has 1 aromatic carbocycles. The van der Waals surface area contributed by atoms with Crippen LogP contribution >= 0.6 is 15.9 Å². The standard InChI is InChI=1S/C16H14BrNO3/c1-10(19)21-15-8-16(20,11-3-2-4-12(17)7-11)14-9-18-6-5-13(14)15/h2-7,9,15,20H,8H2,1H3. The highest BCUT2D eigenvalue weighted by molar-refractivity contribution is 9.10. The summed E-state index contributed by atoms with van der Waals surface area (Å²) in [6.07, 6.45) is 3.12. The highest BCUT2D eigenvalue weighted by atomic mass is 79.9. The highest BCUT2D eigenvalue weighted by Gasteiger charge is 2.45. The molecule has 1 aliphatic rings. The van der Waals surface area contributed by atoms with Gasteiger partial charge in [-0.1, -0.05) is 28.1 Å². The van der Waals surface area contributed by atoms with Crippen LogP contribution in [-0.4, -0.2) is 16.1 Å². The second-order valence-electron chi connectivity index (χ2n) is 5.14. The molecule has 0 bridgehead atoms. The van der Waals surface area contributed by atoms with Gasteiger partial charge in [0.25, 0.3) is 0 Å². The van der Waals surface area contributed by atoms with Crippen LogP contribution in [0.15, 0.2) is 47.2 Å². The first-order valence-corrected chi connectivity index (χ1v) is 7.40. The highest BCUT2D eigenvalue weighted by Crippen LogP contribution is 2.48. The van der Waals surface area contributed by atoms with E-state index >= 15 is 0 Å². The number of aromatic nitrogens is 1. The lowest BCUT2D eigenvalue weighted by atomic mass is 9.89. The number of pyridine rings is 1. The molecule has 0 aliphatic heterocycles. The molecule has 1 N–H and O–H groups in total. The molecule has 2 unspecified atom stereocenters. The summed E-state index contributed by atoms with van der Waals surface area (Å²) in [4.78, 5) is 15.4. The molecule has 0 radical (unpaired) electrons. The van der Waals surface area contributed by atoms with Crippen LogP contribution < -0.4 is 0 Å². The number of aliphatic hydroxyl groups is 1. The third-order valence-electron chi connectivity index (χ3n) is 3.74. The first-order valence-electron chi connectivity index (χ1n) is 6.61. The van der Waals surface area contributed by atoms with Gasteiger partial charge in [0.1, 0.15) is 11.7 Å². The lowest BCUT2D eigenvalue weighted by Crippen LogP contribution is -2.24. The van der Waals surface area contributed by atoms with E-state index in [1.54, 1.807) is 18.5 Å². The normalized spacial score (nSPS) is 23.7. The summed E-state index contributed by atoms with van der Waals surface area (Å²) < 4.78 is 6.23. The number of fused-ring (bicyclic) bond motifs is 1. The van der Waals surface area contributed by atoms with Crippen LogP contribution in [0.25, 0.3) is 0 Å². The molecular weight excluding hydrogens is 334 g/mol. The molecule has 3 rings (SSSR count). The van der Waals surface area contributed by atoms with Gasteiger partial charge < -0.3 is 9.84 Å². The molecule has 0 amide bonds. The van der Waals surface area contributed by atoms with Gasteiger partial charge in [-0.25, -0.2) is 0 Å². The largest absolute Gasteiger partial charge is 0.458 e. The number of esters is 1. The first kappa shape index (κ1) is 14.2. The number of nitrogens with zero attached hydrogens (tertiary/aromatic N) is 1. The van der Waals surface area contributed by atoms with Gasteiger partial charge in [0.2, 0.25) is 0 Å². The van der Waals surface area contributed by atoms with E-state index in [9.17, 15) is 9.90 Å². The molecule has 2 atom stereocenters. The monoisotopic (exact) mass is 347 g/mol. The number of carbonyl (C=O) groups is 1. The fraction of sp³-hybridized carbons (Fsp3) is 0.250. The molecule has 108 valence electrons. The van der Waals surface area contributed by atoms with Crippen LogP contribution in [-0.2, 0) is 15.1 Å². The quantitative estimate of drug-likeness (QED) is 0.848. The van der Waals surface area contributed by atoms with Gasteiger partial charge in [0, 0.05) is 41.3 Å². The summed E-state index contributed by atoms with van der Waals surface area (Å²) >= 11 is 3.42. The van der Waals surface area contributed by atoms with Crippen LogP contribution in [0.1, 0.15) is 36.1 Å². The van der Waals surface area contributed by atoms with Crippen LogP contribution in [0.2, 0.25) is 0 Å². The molecule has 1 aliphatic carbocycles. The Morgan fingerprint density at radius 3 is 3.00 bits per heavy atom. The zero-order valence-corrected chi connectivity index (χ0v) is 13.0. The second kappa shape index (κ2) is 5.24. The van der Waals surface area contributed by atoms with Gasteiger partial charge >= 0.3 is 5.97 Å². The number of rotatable bonds is 2. The molecule has 0 saturated heterocycles. The molecule has 0 fully saturated rings. The van der Waals surface area contributed by atoms with Gasteiger partial charge in [-0.15, -0.1) is 0 Å². The Hall–Kier alpha value is -1.72. The third-order valence-corrected chi connectivity index (χ3v) is 4.23. The maximum atomic E-state index is 11.3. The minimum absolute atomic E-state index is 0.296. The Balaban J connectivity index is 2.10. The van der Waals surface area contributed by atoms with E-state index < -0.39 is 11.7 Å². The summed E-state index contributed by atoms with van der Waals surface area (Å²) in [6, 6.07) is 9.28. The average Bonchev–Trinajstić information content (AvgIpc) is 2.73. The predicted molar refractivity (Wildman–Crippen MR) is 80.5 cm³/mol. The van der Waals surface area contributed by atoms with Crippen molar-refractivity contribution in [3.63, 3.8) is 0 Å². The Labute approximate surface area is 130 Å². The number of carbonyl (C=O) groups excluding carboxylic acids is 1. The Bertz CT molecular complexity index is 703. The summed E-state index contributed by atoms with van der Waals surface area (Å²) in [5, 5.41) is 11.2. The van der Waals surface area contributed by atoms with Crippen molar-refractivity contribution in [1.29, 1.82) is 0 Å². The number of benzene rings is 1. The Morgan fingerprint density at radius 2 is 2.29 bits per heavy atom. The van der Waals surface area contributed by atoms with Gasteiger partial charge in [0.05, 0.1) is 0 Å². The molecule has 21 heavy (non-hydrogen) atoms. The zero-order valence-electron chi connectivity index (χ0n) is 11.4. The van der Waals surface area contributed by atoms with Crippen molar-refractivity contribution in [1.82, 2.24) is 4.98 Å². The first-order chi connectivity index (χ1) is 10.0. The fourth-order valence-electron chi connectivity index (χ4n) is 2.84. The van der Waals surface area contributed by atoms with Crippen molar-refractivity contribution in [2.75, 3.05) is 0 Å². The maximum absolute atomic E-state index is 11.3. The number of hydrogen-bond donors (Lipinski definition) is 1. The van der Waals surface area contributed by atoms with E-state index in [-0.39, 0.29) is 5.97 Å². The predicted octanol–water partition coefficient (Wildman–Crippen LogP) is 3.09. The van der Waals surface area contributed by atoms with Crippen molar-refractivity contribution < 1.29 is 14.6 Å². The summed E-state index contributed by atoms with van der Waals surface area (Å²) in [5.74, 6) is -0.360. The minimum Gasteiger partial charge on any atom is -0.458 e. The SMILES string of the molecule is CC(=O)OC1CC(O)(c2cccc(Br)c2)c2cnccc21. The van der Waals surface area contributed by atoms with E-state index in [0.29, 0.717) is 12.0 Å². The zero-order chi connectivity index (χ0) is 15.0. The lowest BCUT2D eigenvalue weighted by Gasteiger charge is -2.24. The van der Waals surface area contributed by atoms with Gasteiger partial charge in [-0.2, -0.15) is 0 Å². The summed E-state index contributed by atoms with van der Waals surface area (Å²) in [7, 11) is 0.